The van der Waals surface area contributed by atoms with E-state index in [1.807, 2.05) is 17.5 Å². The second-order valence-electron chi connectivity index (χ2n) is 8.39. The zero-order valence-electron chi connectivity index (χ0n) is 17.3. The lowest BCUT2D eigenvalue weighted by molar-refractivity contribution is 0.158. The van der Waals surface area contributed by atoms with Crippen LogP contribution in [-0.4, -0.2) is 64.1 Å². The van der Waals surface area contributed by atoms with Crippen LogP contribution < -0.4 is 4.90 Å². The molecule has 158 valence electrons. The molecule has 2 aliphatic rings. The number of rotatable bonds is 4. The summed E-state index contributed by atoms with van der Waals surface area (Å²) in [5.74, 6) is 1.31. The molecule has 2 aliphatic heterocycles. The summed E-state index contributed by atoms with van der Waals surface area (Å²) >= 11 is 1.63. The number of benzene rings is 1. The Hall–Kier alpha value is -2.22. The van der Waals surface area contributed by atoms with Gasteiger partial charge in [-0.1, -0.05) is 0 Å². The summed E-state index contributed by atoms with van der Waals surface area (Å²) in [6.45, 7) is 6.10. The van der Waals surface area contributed by atoms with E-state index in [1.165, 1.54) is 5.56 Å². The third kappa shape index (κ3) is 3.35. The molecule has 4 heterocycles. The van der Waals surface area contributed by atoms with Gasteiger partial charge in [0, 0.05) is 46.9 Å². The lowest BCUT2D eigenvalue weighted by Crippen LogP contribution is -2.50. The molecule has 1 saturated heterocycles. The molecule has 0 spiro atoms. The molecule has 2 N–H and O–H groups in total. The van der Waals surface area contributed by atoms with Crippen molar-refractivity contribution in [1.29, 1.82) is 0 Å². The summed E-state index contributed by atoms with van der Waals surface area (Å²) < 4.78 is 1.08. The number of thiophene rings is 1. The second kappa shape index (κ2) is 8.13. The molecule has 0 bridgehead atoms. The molecule has 7 heteroatoms. The number of piperidine rings is 1. The fourth-order valence-corrected chi connectivity index (χ4v) is 5.86. The Bertz CT molecular complexity index is 1060. The lowest BCUT2D eigenvalue weighted by atomic mass is 9.94. The van der Waals surface area contributed by atoms with Crippen molar-refractivity contribution in [2.75, 3.05) is 37.7 Å². The number of anilines is 1. The summed E-state index contributed by atoms with van der Waals surface area (Å²) in [5, 5.41) is 32.4. The summed E-state index contributed by atoms with van der Waals surface area (Å²) in [7, 11) is 0. The zero-order chi connectivity index (χ0) is 20.7. The van der Waals surface area contributed by atoms with Crippen molar-refractivity contribution in [2.45, 2.75) is 38.6 Å². The van der Waals surface area contributed by atoms with Crippen LogP contribution in [0.1, 0.15) is 30.4 Å². The third-order valence-corrected chi connectivity index (χ3v) is 7.50. The Morgan fingerprint density at radius 3 is 2.93 bits per heavy atom. The van der Waals surface area contributed by atoms with Crippen molar-refractivity contribution in [1.82, 2.24) is 15.1 Å². The summed E-state index contributed by atoms with van der Waals surface area (Å²) in [6, 6.07) is 6.40. The molecular weight excluding hydrogens is 396 g/mol. The van der Waals surface area contributed by atoms with E-state index in [0.717, 1.165) is 84.6 Å². The summed E-state index contributed by atoms with van der Waals surface area (Å²) in [6.07, 6.45) is 4.40. The maximum atomic E-state index is 10.9. The van der Waals surface area contributed by atoms with Crippen molar-refractivity contribution in [3.05, 3.63) is 34.7 Å². The van der Waals surface area contributed by atoms with Crippen LogP contribution >= 0.6 is 11.3 Å². The summed E-state index contributed by atoms with van der Waals surface area (Å²) in [4.78, 5) is 4.79. The first kappa shape index (κ1) is 19.7. The van der Waals surface area contributed by atoms with E-state index in [1.54, 1.807) is 11.3 Å². The number of aromatic hydroxyl groups is 1. The SMILES string of the molecule is Cc1c(-c2ccc3sccc3c2O)nnc2c1CCCN2[C@@H]1CCCN(CCO)C1. The van der Waals surface area contributed by atoms with Crippen molar-refractivity contribution in [2.24, 2.45) is 0 Å². The van der Waals surface area contributed by atoms with Crippen LogP contribution in [0.25, 0.3) is 21.3 Å². The van der Waals surface area contributed by atoms with Gasteiger partial charge in [-0.15, -0.1) is 21.5 Å². The molecule has 1 aromatic carbocycles. The van der Waals surface area contributed by atoms with Gasteiger partial charge in [0.25, 0.3) is 0 Å². The molecule has 0 saturated carbocycles. The maximum Gasteiger partial charge on any atom is 0.155 e. The quantitative estimate of drug-likeness (QED) is 0.667. The van der Waals surface area contributed by atoms with Gasteiger partial charge in [0.2, 0.25) is 0 Å². The van der Waals surface area contributed by atoms with Crippen molar-refractivity contribution < 1.29 is 10.2 Å². The summed E-state index contributed by atoms with van der Waals surface area (Å²) in [5.41, 5.74) is 3.93. The van der Waals surface area contributed by atoms with Gasteiger partial charge in [-0.25, -0.2) is 0 Å². The largest absolute Gasteiger partial charge is 0.507 e. The Kier molecular flexibility index (Phi) is 5.35. The smallest absolute Gasteiger partial charge is 0.155 e. The Labute approximate surface area is 180 Å². The van der Waals surface area contributed by atoms with Gasteiger partial charge in [-0.3, -0.25) is 4.90 Å². The number of nitrogens with zero attached hydrogens (tertiary/aromatic N) is 4. The highest BCUT2D eigenvalue weighted by atomic mass is 32.1. The fourth-order valence-electron chi connectivity index (χ4n) is 5.07. The highest BCUT2D eigenvalue weighted by Gasteiger charge is 2.31. The van der Waals surface area contributed by atoms with E-state index in [0.29, 0.717) is 11.8 Å². The predicted octanol–water partition coefficient (Wildman–Crippen LogP) is 3.58. The number of aliphatic hydroxyl groups is 1. The van der Waals surface area contributed by atoms with Crippen LogP contribution in [0.4, 0.5) is 5.82 Å². The van der Waals surface area contributed by atoms with Crippen LogP contribution in [0.3, 0.4) is 0 Å². The number of phenolic OH excluding ortho intramolecular Hbond substituents is 1. The lowest BCUT2D eigenvalue weighted by Gasteiger charge is -2.42. The molecular formula is C23H28N4O2S. The molecule has 30 heavy (non-hydrogen) atoms. The van der Waals surface area contributed by atoms with Gasteiger partial charge < -0.3 is 15.1 Å². The van der Waals surface area contributed by atoms with E-state index >= 15 is 0 Å². The highest BCUT2D eigenvalue weighted by Crippen LogP contribution is 2.40. The number of likely N-dealkylation sites (tertiary alicyclic amines) is 1. The standard InChI is InChI=1S/C23H28N4O2S/c1-15-17-5-3-10-27(16-4-2-9-26(14-16)11-12-28)23(17)25-24-21(15)19-6-7-20-18(22(19)29)8-13-30-20/h6-8,13,16,28-29H,2-5,9-12,14H2,1H3/t16-/m1/s1. The number of aliphatic hydroxyl groups excluding tert-OH is 1. The van der Waals surface area contributed by atoms with Crippen molar-refractivity contribution in [3.63, 3.8) is 0 Å². The number of fused-ring (bicyclic) bond motifs is 2. The Morgan fingerprint density at radius 2 is 2.07 bits per heavy atom. The average Bonchev–Trinajstić information content (AvgIpc) is 3.25. The maximum absolute atomic E-state index is 10.9. The van der Waals surface area contributed by atoms with Gasteiger partial charge in [0.15, 0.2) is 5.82 Å². The first-order valence-electron chi connectivity index (χ1n) is 10.8. The second-order valence-corrected chi connectivity index (χ2v) is 9.33. The average molecular weight is 425 g/mol. The third-order valence-electron chi connectivity index (χ3n) is 6.62. The minimum absolute atomic E-state index is 0.212. The Morgan fingerprint density at radius 1 is 1.17 bits per heavy atom. The normalized spacial score (nSPS) is 19.9. The van der Waals surface area contributed by atoms with Crippen molar-refractivity contribution >= 4 is 27.2 Å². The van der Waals surface area contributed by atoms with Crippen molar-refractivity contribution in [3.8, 4) is 17.0 Å². The number of β-amino-alcohol motifs (C(OH)–C–C–N with tert-alkyl or cyclic N) is 1. The number of hydrogen-bond donors (Lipinski definition) is 2. The molecule has 0 amide bonds. The van der Waals surface area contributed by atoms with E-state index in [-0.39, 0.29) is 6.61 Å². The number of aromatic nitrogens is 2. The van der Waals surface area contributed by atoms with E-state index in [2.05, 4.69) is 27.9 Å². The topological polar surface area (TPSA) is 72.7 Å². The van der Waals surface area contributed by atoms with E-state index in [9.17, 15) is 10.2 Å². The first-order chi connectivity index (χ1) is 14.7. The fraction of sp³-hybridized carbons (Fsp3) is 0.478. The number of phenols is 1. The molecule has 0 radical (unpaired) electrons. The molecule has 1 fully saturated rings. The molecule has 1 atom stereocenters. The van der Waals surface area contributed by atoms with Gasteiger partial charge in [0.05, 0.1) is 6.61 Å². The van der Waals surface area contributed by atoms with Crippen LogP contribution in [0.15, 0.2) is 23.6 Å². The molecule has 5 rings (SSSR count). The Balaban J connectivity index is 1.51. The van der Waals surface area contributed by atoms with Crippen LogP contribution in [0.2, 0.25) is 0 Å². The minimum Gasteiger partial charge on any atom is -0.507 e. The van der Waals surface area contributed by atoms with Gasteiger partial charge in [-0.2, -0.15) is 0 Å². The predicted molar refractivity (Wildman–Crippen MR) is 121 cm³/mol. The van der Waals surface area contributed by atoms with Crippen LogP contribution in [0, 0.1) is 6.92 Å². The van der Waals surface area contributed by atoms with Gasteiger partial charge in [-0.05, 0) is 68.3 Å². The first-order valence-corrected chi connectivity index (χ1v) is 11.7. The number of hydrogen-bond acceptors (Lipinski definition) is 7. The molecule has 0 unspecified atom stereocenters. The van der Waals surface area contributed by atoms with Gasteiger partial charge in [0.1, 0.15) is 11.4 Å². The van der Waals surface area contributed by atoms with E-state index in [4.69, 9.17) is 5.10 Å². The molecule has 6 nitrogen and oxygen atoms in total. The van der Waals surface area contributed by atoms with E-state index < -0.39 is 0 Å². The molecule has 3 aromatic rings. The highest BCUT2D eigenvalue weighted by molar-refractivity contribution is 7.17. The molecule has 2 aromatic heterocycles. The minimum atomic E-state index is 0.212. The van der Waals surface area contributed by atoms with Gasteiger partial charge >= 0.3 is 0 Å². The zero-order valence-corrected chi connectivity index (χ0v) is 18.2. The molecule has 0 aliphatic carbocycles. The van der Waals surface area contributed by atoms with Crippen LogP contribution in [-0.2, 0) is 6.42 Å². The van der Waals surface area contributed by atoms with Crippen LogP contribution in [0.5, 0.6) is 5.75 Å². The monoisotopic (exact) mass is 424 g/mol.